The number of nitrogens with zero attached hydrogens (tertiary/aromatic N) is 3. The minimum atomic E-state index is 0.161. The van der Waals surface area contributed by atoms with Crippen LogP contribution in [0.4, 0.5) is 0 Å². The SMILES string of the molecule is CCN(CC)C(=O)CN(C)Cc1c(C)noc1C. The van der Waals surface area contributed by atoms with Crippen molar-refractivity contribution in [3.63, 3.8) is 0 Å². The Bertz CT molecular complexity index is 377. The van der Waals surface area contributed by atoms with Gasteiger partial charge in [-0.1, -0.05) is 5.16 Å². The van der Waals surface area contributed by atoms with E-state index in [0.29, 0.717) is 13.1 Å². The van der Waals surface area contributed by atoms with Crippen molar-refractivity contribution < 1.29 is 9.32 Å². The van der Waals surface area contributed by atoms with E-state index in [-0.39, 0.29) is 5.91 Å². The fourth-order valence-corrected chi connectivity index (χ4v) is 1.96. The van der Waals surface area contributed by atoms with Crippen LogP contribution in [0.5, 0.6) is 0 Å². The lowest BCUT2D eigenvalue weighted by atomic mass is 10.2. The van der Waals surface area contributed by atoms with Gasteiger partial charge in [0.1, 0.15) is 5.76 Å². The predicted molar refractivity (Wildman–Crippen MR) is 70.2 cm³/mol. The molecule has 0 saturated carbocycles. The molecule has 0 aliphatic carbocycles. The molecule has 0 N–H and O–H groups in total. The molecule has 0 aliphatic rings. The van der Waals surface area contributed by atoms with E-state index in [1.54, 1.807) is 0 Å². The van der Waals surface area contributed by atoms with E-state index in [1.165, 1.54) is 0 Å². The Labute approximate surface area is 109 Å². The number of carbonyl (C=O) groups is 1. The van der Waals surface area contributed by atoms with Crippen LogP contribution in [-0.2, 0) is 11.3 Å². The minimum Gasteiger partial charge on any atom is -0.361 e. The van der Waals surface area contributed by atoms with Crippen LogP contribution in [0.2, 0.25) is 0 Å². The van der Waals surface area contributed by atoms with Crippen molar-refractivity contribution in [1.82, 2.24) is 15.0 Å². The monoisotopic (exact) mass is 253 g/mol. The van der Waals surface area contributed by atoms with Crippen LogP contribution in [0.1, 0.15) is 30.9 Å². The summed E-state index contributed by atoms with van der Waals surface area (Å²) in [6.07, 6.45) is 0. The molecule has 1 amide bonds. The number of aromatic nitrogens is 1. The summed E-state index contributed by atoms with van der Waals surface area (Å²) in [7, 11) is 1.94. The molecule has 0 bridgehead atoms. The van der Waals surface area contributed by atoms with E-state index in [4.69, 9.17) is 4.52 Å². The van der Waals surface area contributed by atoms with Gasteiger partial charge in [0.05, 0.1) is 12.2 Å². The number of rotatable bonds is 6. The molecule has 0 aliphatic heterocycles. The first-order valence-corrected chi connectivity index (χ1v) is 6.37. The van der Waals surface area contributed by atoms with Gasteiger partial charge >= 0.3 is 0 Å². The Hall–Kier alpha value is -1.36. The third-order valence-electron chi connectivity index (χ3n) is 3.13. The summed E-state index contributed by atoms with van der Waals surface area (Å²) in [6.45, 7) is 10.4. The highest BCUT2D eigenvalue weighted by Crippen LogP contribution is 2.14. The second-order valence-corrected chi connectivity index (χ2v) is 4.54. The van der Waals surface area contributed by atoms with Crippen LogP contribution >= 0.6 is 0 Å². The molecule has 0 aromatic carbocycles. The Kier molecular flexibility index (Phi) is 5.34. The van der Waals surface area contributed by atoms with Crippen LogP contribution in [-0.4, -0.2) is 47.5 Å². The zero-order chi connectivity index (χ0) is 13.7. The van der Waals surface area contributed by atoms with Crippen LogP contribution in [0, 0.1) is 13.8 Å². The van der Waals surface area contributed by atoms with Gasteiger partial charge < -0.3 is 9.42 Å². The molecule has 1 aromatic heterocycles. The van der Waals surface area contributed by atoms with Crippen molar-refractivity contribution in [3.8, 4) is 0 Å². The molecule has 0 radical (unpaired) electrons. The standard InChI is InChI=1S/C13H23N3O2/c1-6-16(7-2)13(17)9-15(5)8-12-10(3)14-18-11(12)4/h6-9H2,1-5H3. The van der Waals surface area contributed by atoms with Gasteiger partial charge in [-0.3, -0.25) is 9.69 Å². The molecule has 18 heavy (non-hydrogen) atoms. The average molecular weight is 253 g/mol. The Morgan fingerprint density at radius 1 is 1.28 bits per heavy atom. The van der Waals surface area contributed by atoms with Gasteiger partial charge in [-0.15, -0.1) is 0 Å². The molecule has 5 heteroatoms. The van der Waals surface area contributed by atoms with Gasteiger partial charge in [-0.2, -0.15) is 0 Å². The van der Waals surface area contributed by atoms with Gasteiger partial charge in [0, 0.05) is 25.2 Å². The molecular weight excluding hydrogens is 230 g/mol. The molecule has 5 nitrogen and oxygen atoms in total. The summed E-state index contributed by atoms with van der Waals surface area (Å²) >= 11 is 0. The Morgan fingerprint density at radius 2 is 1.89 bits per heavy atom. The molecule has 0 atom stereocenters. The molecule has 1 rings (SSSR count). The number of hydrogen-bond acceptors (Lipinski definition) is 4. The third kappa shape index (κ3) is 3.57. The van der Waals surface area contributed by atoms with E-state index in [0.717, 1.165) is 30.1 Å². The van der Waals surface area contributed by atoms with E-state index in [9.17, 15) is 4.79 Å². The summed E-state index contributed by atoms with van der Waals surface area (Å²) < 4.78 is 5.12. The first-order valence-electron chi connectivity index (χ1n) is 6.37. The van der Waals surface area contributed by atoms with Crippen LogP contribution in [0.3, 0.4) is 0 Å². The lowest BCUT2D eigenvalue weighted by Crippen LogP contribution is -2.38. The van der Waals surface area contributed by atoms with Gasteiger partial charge in [0.2, 0.25) is 5.91 Å². The molecule has 0 saturated heterocycles. The molecule has 0 spiro atoms. The van der Waals surface area contributed by atoms with Crippen molar-refractivity contribution >= 4 is 5.91 Å². The largest absolute Gasteiger partial charge is 0.361 e. The van der Waals surface area contributed by atoms with Gasteiger partial charge in [-0.25, -0.2) is 0 Å². The smallest absolute Gasteiger partial charge is 0.236 e. The highest BCUT2D eigenvalue weighted by atomic mass is 16.5. The number of amides is 1. The second-order valence-electron chi connectivity index (χ2n) is 4.54. The van der Waals surface area contributed by atoms with Gasteiger partial charge in [-0.05, 0) is 34.7 Å². The summed E-state index contributed by atoms with van der Waals surface area (Å²) in [4.78, 5) is 15.8. The quantitative estimate of drug-likeness (QED) is 0.772. The molecule has 0 fully saturated rings. The van der Waals surface area contributed by atoms with Crippen molar-refractivity contribution in [3.05, 3.63) is 17.0 Å². The lowest BCUT2D eigenvalue weighted by Gasteiger charge is -2.22. The van der Waals surface area contributed by atoms with E-state index < -0.39 is 0 Å². The topological polar surface area (TPSA) is 49.6 Å². The van der Waals surface area contributed by atoms with Crippen molar-refractivity contribution in [1.29, 1.82) is 0 Å². The summed E-state index contributed by atoms with van der Waals surface area (Å²) in [6, 6.07) is 0. The first-order chi connectivity index (χ1) is 8.49. The fraction of sp³-hybridized carbons (Fsp3) is 0.692. The molecule has 0 unspecified atom stereocenters. The highest BCUT2D eigenvalue weighted by molar-refractivity contribution is 5.78. The predicted octanol–water partition coefficient (Wildman–Crippen LogP) is 1.59. The van der Waals surface area contributed by atoms with Crippen molar-refractivity contribution in [2.45, 2.75) is 34.2 Å². The highest BCUT2D eigenvalue weighted by Gasteiger charge is 2.15. The maximum atomic E-state index is 12.0. The fourth-order valence-electron chi connectivity index (χ4n) is 1.96. The number of carbonyl (C=O) groups excluding carboxylic acids is 1. The Morgan fingerprint density at radius 3 is 2.33 bits per heavy atom. The van der Waals surface area contributed by atoms with Crippen LogP contribution < -0.4 is 0 Å². The number of aryl methyl sites for hydroxylation is 2. The molecule has 102 valence electrons. The number of likely N-dealkylation sites (N-methyl/N-ethyl adjacent to an activating group) is 2. The van der Waals surface area contributed by atoms with E-state index in [1.807, 2.05) is 44.5 Å². The molecule has 1 aromatic rings. The van der Waals surface area contributed by atoms with Gasteiger partial charge in [0.25, 0.3) is 0 Å². The lowest BCUT2D eigenvalue weighted by molar-refractivity contribution is -0.131. The zero-order valence-electron chi connectivity index (χ0n) is 12.0. The Balaban J connectivity index is 2.57. The number of hydrogen-bond donors (Lipinski definition) is 0. The average Bonchev–Trinajstić information content (AvgIpc) is 2.62. The summed E-state index contributed by atoms with van der Waals surface area (Å²) in [5.74, 6) is 0.990. The first kappa shape index (κ1) is 14.7. The van der Waals surface area contributed by atoms with Gasteiger partial charge in [0.15, 0.2) is 0 Å². The van der Waals surface area contributed by atoms with Crippen LogP contribution in [0.15, 0.2) is 4.52 Å². The zero-order valence-corrected chi connectivity index (χ0v) is 12.0. The summed E-state index contributed by atoms with van der Waals surface area (Å²) in [5, 5.41) is 3.92. The summed E-state index contributed by atoms with van der Waals surface area (Å²) in [5.41, 5.74) is 1.97. The van der Waals surface area contributed by atoms with E-state index >= 15 is 0 Å². The van der Waals surface area contributed by atoms with E-state index in [2.05, 4.69) is 5.16 Å². The van der Waals surface area contributed by atoms with Crippen molar-refractivity contribution in [2.75, 3.05) is 26.7 Å². The maximum absolute atomic E-state index is 12.0. The minimum absolute atomic E-state index is 0.161. The van der Waals surface area contributed by atoms with Crippen LogP contribution in [0.25, 0.3) is 0 Å². The maximum Gasteiger partial charge on any atom is 0.236 e. The van der Waals surface area contributed by atoms with Crippen molar-refractivity contribution in [2.24, 2.45) is 0 Å². The third-order valence-corrected chi connectivity index (χ3v) is 3.13. The second kappa shape index (κ2) is 6.54. The molecule has 1 heterocycles. The normalized spacial score (nSPS) is 11.0. The molecular formula is C13H23N3O2.